The number of allylic oxidation sites excluding steroid dienone is 1. The van der Waals surface area contributed by atoms with E-state index in [9.17, 15) is 4.79 Å². The minimum Gasteiger partial charge on any atom is -0.497 e. The number of esters is 1. The molecular formula is C25H30O4. The summed E-state index contributed by atoms with van der Waals surface area (Å²) in [6.45, 7) is 4.44. The Kier molecular flexibility index (Phi) is 6.97. The Morgan fingerprint density at radius 3 is 2.55 bits per heavy atom. The number of carbonyl (C=O) groups excluding carboxylic acids is 1. The van der Waals surface area contributed by atoms with Crippen LogP contribution in [0.15, 0.2) is 36.4 Å². The average Bonchev–Trinajstić information content (AvgIpc) is 3.16. The average molecular weight is 395 g/mol. The zero-order valence-electron chi connectivity index (χ0n) is 17.8. The van der Waals surface area contributed by atoms with Gasteiger partial charge in [0.25, 0.3) is 0 Å². The lowest BCUT2D eigenvalue weighted by atomic mass is 9.88. The molecule has 0 spiro atoms. The first-order chi connectivity index (χ1) is 14.1. The van der Waals surface area contributed by atoms with E-state index in [1.54, 1.807) is 14.2 Å². The van der Waals surface area contributed by atoms with Gasteiger partial charge in [-0.25, -0.2) is 0 Å². The lowest BCUT2D eigenvalue weighted by Gasteiger charge is -2.19. The van der Waals surface area contributed by atoms with Crippen molar-refractivity contribution in [3.63, 3.8) is 0 Å². The third kappa shape index (κ3) is 4.47. The summed E-state index contributed by atoms with van der Waals surface area (Å²) >= 11 is 0. The van der Waals surface area contributed by atoms with Gasteiger partial charge in [0.05, 0.1) is 20.8 Å². The van der Waals surface area contributed by atoms with E-state index in [0.717, 1.165) is 41.0 Å². The van der Waals surface area contributed by atoms with Gasteiger partial charge in [-0.05, 0) is 60.2 Å². The largest absolute Gasteiger partial charge is 0.497 e. The molecule has 1 aliphatic rings. The molecule has 0 saturated heterocycles. The van der Waals surface area contributed by atoms with Crippen LogP contribution in [0.5, 0.6) is 11.5 Å². The molecule has 29 heavy (non-hydrogen) atoms. The first kappa shape index (κ1) is 21.0. The number of ether oxygens (including phenoxy) is 3. The quantitative estimate of drug-likeness (QED) is 0.506. The van der Waals surface area contributed by atoms with Crippen LogP contribution in [-0.4, -0.2) is 26.8 Å². The van der Waals surface area contributed by atoms with Crippen molar-refractivity contribution in [1.29, 1.82) is 0 Å². The first-order valence-corrected chi connectivity index (χ1v) is 10.3. The molecule has 2 aromatic carbocycles. The monoisotopic (exact) mass is 394 g/mol. The predicted molar refractivity (Wildman–Crippen MR) is 117 cm³/mol. The maximum atomic E-state index is 11.9. The molecule has 0 saturated carbocycles. The van der Waals surface area contributed by atoms with Gasteiger partial charge < -0.3 is 14.2 Å². The van der Waals surface area contributed by atoms with Gasteiger partial charge in [-0.15, -0.1) is 0 Å². The van der Waals surface area contributed by atoms with Crippen LogP contribution in [0.25, 0.3) is 17.2 Å². The second-order valence-electron chi connectivity index (χ2n) is 7.23. The van der Waals surface area contributed by atoms with Crippen molar-refractivity contribution in [1.82, 2.24) is 0 Å². The van der Waals surface area contributed by atoms with Crippen LogP contribution < -0.4 is 9.47 Å². The first-order valence-electron chi connectivity index (χ1n) is 10.3. The highest BCUT2D eigenvalue weighted by Crippen LogP contribution is 2.45. The van der Waals surface area contributed by atoms with Crippen LogP contribution in [-0.2, 0) is 16.0 Å². The Labute approximate surface area is 173 Å². The third-order valence-electron chi connectivity index (χ3n) is 5.44. The molecule has 154 valence electrons. The Hall–Kier alpha value is -2.75. The summed E-state index contributed by atoms with van der Waals surface area (Å²) in [6.07, 6.45) is 7.69. The fourth-order valence-corrected chi connectivity index (χ4v) is 4.07. The Bertz CT molecular complexity index is 898. The third-order valence-corrected chi connectivity index (χ3v) is 5.44. The molecule has 0 aromatic heterocycles. The molecule has 1 atom stereocenters. The second kappa shape index (κ2) is 9.64. The number of aryl methyl sites for hydroxylation is 1. The molecular weight excluding hydrogens is 364 g/mol. The van der Waals surface area contributed by atoms with Crippen molar-refractivity contribution in [3.8, 4) is 22.6 Å². The van der Waals surface area contributed by atoms with E-state index >= 15 is 0 Å². The second-order valence-corrected chi connectivity index (χ2v) is 7.23. The molecule has 2 aromatic rings. The predicted octanol–water partition coefficient (Wildman–Crippen LogP) is 5.78. The number of benzene rings is 2. The topological polar surface area (TPSA) is 44.8 Å². The zero-order valence-corrected chi connectivity index (χ0v) is 17.8. The summed E-state index contributed by atoms with van der Waals surface area (Å²) in [6, 6.07) is 10.2. The number of hydrogen-bond acceptors (Lipinski definition) is 4. The standard InChI is InChI=1S/C25H30O4/c1-5-7-18-9-12-21-20(13-14-23(28-4)25(18)21)22-16-19(27-3)11-8-17(22)10-15-24(26)29-6-2/h8-9,11-14,16,18H,5-7,10,15H2,1-4H3. The van der Waals surface area contributed by atoms with Gasteiger partial charge in [0.2, 0.25) is 0 Å². The number of rotatable bonds is 9. The molecule has 4 nitrogen and oxygen atoms in total. The van der Waals surface area contributed by atoms with Gasteiger partial charge in [0.1, 0.15) is 11.5 Å². The van der Waals surface area contributed by atoms with Crippen molar-refractivity contribution in [2.24, 2.45) is 0 Å². The van der Waals surface area contributed by atoms with Crippen molar-refractivity contribution in [2.45, 2.75) is 45.4 Å². The summed E-state index contributed by atoms with van der Waals surface area (Å²) < 4.78 is 16.3. The summed E-state index contributed by atoms with van der Waals surface area (Å²) in [5.74, 6) is 1.94. The van der Waals surface area contributed by atoms with Crippen molar-refractivity contribution < 1.29 is 19.0 Å². The van der Waals surface area contributed by atoms with Gasteiger partial charge in [0.15, 0.2) is 0 Å². The summed E-state index contributed by atoms with van der Waals surface area (Å²) in [4.78, 5) is 11.9. The smallest absolute Gasteiger partial charge is 0.306 e. The van der Waals surface area contributed by atoms with Crippen molar-refractivity contribution in [3.05, 3.63) is 53.1 Å². The zero-order chi connectivity index (χ0) is 20.8. The van der Waals surface area contributed by atoms with E-state index < -0.39 is 0 Å². The fraction of sp³-hybridized carbons (Fsp3) is 0.400. The van der Waals surface area contributed by atoms with Crippen molar-refractivity contribution >= 4 is 12.0 Å². The molecule has 0 heterocycles. The van der Waals surface area contributed by atoms with E-state index in [0.29, 0.717) is 25.4 Å². The van der Waals surface area contributed by atoms with Gasteiger partial charge >= 0.3 is 5.97 Å². The minimum atomic E-state index is -0.169. The normalized spacial score (nSPS) is 14.6. The molecule has 0 aliphatic heterocycles. The number of hydrogen-bond donors (Lipinski definition) is 0. The highest BCUT2D eigenvalue weighted by atomic mass is 16.5. The van der Waals surface area contributed by atoms with Crippen LogP contribution in [0, 0.1) is 0 Å². The molecule has 0 amide bonds. The fourth-order valence-electron chi connectivity index (χ4n) is 4.07. The Morgan fingerprint density at radius 2 is 1.86 bits per heavy atom. The van der Waals surface area contributed by atoms with Gasteiger partial charge in [-0.3, -0.25) is 4.79 Å². The van der Waals surface area contributed by atoms with Gasteiger partial charge in [-0.1, -0.05) is 37.6 Å². The van der Waals surface area contributed by atoms with E-state index in [-0.39, 0.29) is 5.97 Å². The highest BCUT2D eigenvalue weighted by Gasteiger charge is 2.25. The summed E-state index contributed by atoms with van der Waals surface area (Å²) in [5.41, 5.74) is 5.81. The van der Waals surface area contributed by atoms with E-state index in [4.69, 9.17) is 14.2 Å². The summed E-state index contributed by atoms with van der Waals surface area (Å²) in [7, 11) is 3.40. The van der Waals surface area contributed by atoms with Crippen LogP contribution in [0.1, 0.15) is 55.7 Å². The number of methoxy groups -OCH3 is 2. The number of carbonyl (C=O) groups is 1. The molecule has 0 bridgehead atoms. The maximum Gasteiger partial charge on any atom is 0.306 e. The van der Waals surface area contributed by atoms with Gasteiger partial charge in [0, 0.05) is 17.9 Å². The highest BCUT2D eigenvalue weighted by molar-refractivity contribution is 5.84. The van der Waals surface area contributed by atoms with Crippen LogP contribution >= 0.6 is 0 Å². The Morgan fingerprint density at radius 1 is 1.03 bits per heavy atom. The Balaban J connectivity index is 2.06. The molecule has 1 aliphatic carbocycles. The number of fused-ring (bicyclic) bond motifs is 1. The lowest BCUT2D eigenvalue weighted by Crippen LogP contribution is -2.06. The van der Waals surface area contributed by atoms with Gasteiger partial charge in [-0.2, -0.15) is 0 Å². The van der Waals surface area contributed by atoms with E-state index in [2.05, 4.69) is 37.3 Å². The van der Waals surface area contributed by atoms with E-state index in [1.807, 2.05) is 19.1 Å². The molecule has 0 radical (unpaired) electrons. The molecule has 1 unspecified atom stereocenters. The molecule has 3 rings (SSSR count). The van der Waals surface area contributed by atoms with Crippen LogP contribution in [0.2, 0.25) is 0 Å². The molecule has 4 heteroatoms. The minimum absolute atomic E-state index is 0.169. The summed E-state index contributed by atoms with van der Waals surface area (Å²) in [5, 5.41) is 0. The van der Waals surface area contributed by atoms with Crippen LogP contribution in [0.4, 0.5) is 0 Å². The lowest BCUT2D eigenvalue weighted by molar-refractivity contribution is -0.143. The SMILES string of the molecule is CCCC1C=Cc2c(-c3cc(OC)ccc3CCC(=O)OCC)ccc(OC)c21. The maximum absolute atomic E-state index is 11.9. The van der Waals surface area contributed by atoms with Crippen LogP contribution in [0.3, 0.4) is 0 Å². The molecule has 0 fully saturated rings. The molecule has 0 N–H and O–H groups in total. The van der Waals surface area contributed by atoms with Crippen molar-refractivity contribution in [2.75, 3.05) is 20.8 Å². The van der Waals surface area contributed by atoms with E-state index in [1.165, 1.54) is 11.1 Å².